The largest absolute Gasteiger partial charge is 0.395 e. The van der Waals surface area contributed by atoms with Crippen molar-refractivity contribution in [3.05, 3.63) is 0 Å². The molecule has 0 aliphatic rings. The summed E-state index contributed by atoms with van der Waals surface area (Å²) in [6, 6.07) is 0.239. The molecule has 98 valence electrons. The summed E-state index contributed by atoms with van der Waals surface area (Å²) in [4.78, 5) is 2.16. The standard InChI is InChI=1S/C12H28N2O2/c1-9(2)6-10(3)14(4)12(7-15)11(13)8-16-5/h9-12,15H,6-8,13H2,1-5H3. The van der Waals surface area contributed by atoms with Crippen LogP contribution in [0.25, 0.3) is 0 Å². The van der Waals surface area contributed by atoms with E-state index >= 15 is 0 Å². The molecule has 0 aliphatic carbocycles. The van der Waals surface area contributed by atoms with Gasteiger partial charge in [0.15, 0.2) is 0 Å². The van der Waals surface area contributed by atoms with Crippen LogP contribution < -0.4 is 5.73 Å². The SMILES string of the molecule is COCC(N)C(CO)N(C)C(C)CC(C)C. The van der Waals surface area contributed by atoms with Gasteiger partial charge in [0.25, 0.3) is 0 Å². The van der Waals surface area contributed by atoms with E-state index in [0.717, 1.165) is 6.42 Å². The minimum absolute atomic E-state index is 0.0336. The summed E-state index contributed by atoms with van der Waals surface area (Å²) in [5, 5.41) is 9.40. The molecule has 0 spiro atoms. The van der Waals surface area contributed by atoms with E-state index in [4.69, 9.17) is 10.5 Å². The highest BCUT2D eigenvalue weighted by Crippen LogP contribution is 2.13. The van der Waals surface area contributed by atoms with Gasteiger partial charge in [-0.3, -0.25) is 4.90 Å². The van der Waals surface area contributed by atoms with E-state index in [2.05, 4.69) is 25.7 Å². The van der Waals surface area contributed by atoms with E-state index in [1.54, 1.807) is 7.11 Å². The van der Waals surface area contributed by atoms with Crippen LogP contribution in [-0.4, -0.2) is 55.5 Å². The minimum Gasteiger partial charge on any atom is -0.395 e. The van der Waals surface area contributed by atoms with E-state index in [9.17, 15) is 5.11 Å². The fourth-order valence-corrected chi connectivity index (χ4v) is 2.05. The number of aliphatic hydroxyl groups excluding tert-OH is 1. The molecule has 0 amide bonds. The highest BCUT2D eigenvalue weighted by molar-refractivity contribution is 4.83. The Bertz CT molecular complexity index is 176. The maximum atomic E-state index is 9.40. The number of hydrogen-bond donors (Lipinski definition) is 2. The van der Waals surface area contributed by atoms with Crippen molar-refractivity contribution in [2.45, 2.75) is 45.3 Å². The first kappa shape index (κ1) is 15.8. The van der Waals surface area contributed by atoms with E-state index in [0.29, 0.717) is 18.6 Å². The molecule has 16 heavy (non-hydrogen) atoms. The molecule has 3 unspecified atom stereocenters. The van der Waals surface area contributed by atoms with Gasteiger partial charge in [0.2, 0.25) is 0 Å². The predicted octanol–water partition coefficient (Wildman–Crippen LogP) is 0.687. The fraction of sp³-hybridized carbons (Fsp3) is 1.00. The maximum absolute atomic E-state index is 9.40. The Labute approximate surface area is 99.8 Å². The van der Waals surface area contributed by atoms with Gasteiger partial charge in [0.1, 0.15) is 0 Å². The topological polar surface area (TPSA) is 58.7 Å². The summed E-state index contributed by atoms with van der Waals surface area (Å²) in [6.45, 7) is 7.12. The highest BCUT2D eigenvalue weighted by Gasteiger charge is 2.25. The molecular weight excluding hydrogens is 204 g/mol. The molecule has 0 heterocycles. The second-order valence-electron chi connectivity index (χ2n) is 5.01. The predicted molar refractivity (Wildman–Crippen MR) is 67.4 cm³/mol. The van der Waals surface area contributed by atoms with Gasteiger partial charge in [-0.1, -0.05) is 13.8 Å². The number of likely N-dealkylation sites (N-methyl/N-ethyl adjacent to an activating group) is 1. The molecule has 3 atom stereocenters. The Balaban J connectivity index is 4.33. The number of rotatable bonds is 8. The van der Waals surface area contributed by atoms with Gasteiger partial charge in [-0.25, -0.2) is 0 Å². The number of hydrogen-bond acceptors (Lipinski definition) is 4. The second kappa shape index (κ2) is 8.01. The third kappa shape index (κ3) is 5.25. The zero-order valence-electron chi connectivity index (χ0n) is 11.3. The summed E-state index contributed by atoms with van der Waals surface area (Å²) in [5.74, 6) is 0.649. The van der Waals surface area contributed by atoms with Crippen LogP contribution >= 0.6 is 0 Å². The van der Waals surface area contributed by atoms with E-state index in [1.165, 1.54) is 0 Å². The Hall–Kier alpha value is -0.160. The van der Waals surface area contributed by atoms with Crippen molar-refractivity contribution in [3.63, 3.8) is 0 Å². The molecule has 0 fully saturated rings. The maximum Gasteiger partial charge on any atom is 0.0629 e. The lowest BCUT2D eigenvalue weighted by Crippen LogP contribution is -2.53. The van der Waals surface area contributed by atoms with Crippen molar-refractivity contribution in [2.24, 2.45) is 11.7 Å². The van der Waals surface area contributed by atoms with Crippen LogP contribution in [0.3, 0.4) is 0 Å². The van der Waals surface area contributed by atoms with Crippen LogP contribution in [0.15, 0.2) is 0 Å². The Morgan fingerprint density at radius 2 is 1.88 bits per heavy atom. The molecule has 0 rings (SSSR count). The van der Waals surface area contributed by atoms with Crippen molar-refractivity contribution >= 4 is 0 Å². The molecule has 4 nitrogen and oxygen atoms in total. The monoisotopic (exact) mass is 232 g/mol. The highest BCUT2D eigenvalue weighted by atomic mass is 16.5. The van der Waals surface area contributed by atoms with Crippen molar-refractivity contribution in [1.29, 1.82) is 0 Å². The average Bonchev–Trinajstić information content (AvgIpc) is 2.17. The summed E-state index contributed by atoms with van der Waals surface area (Å²) >= 11 is 0. The quantitative estimate of drug-likeness (QED) is 0.646. The lowest BCUT2D eigenvalue weighted by molar-refractivity contribution is 0.0602. The molecule has 0 saturated heterocycles. The summed E-state index contributed by atoms with van der Waals surface area (Å²) in [5.41, 5.74) is 5.98. The summed E-state index contributed by atoms with van der Waals surface area (Å²) < 4.78 is 5.03. The average molecular weight is 232 g/mol. The van der Waals surface area contributed by atoms with Gasteiger partial charge < -0.3 is 15.6 Å². The normalized spacial score (nSPS) is 17.8. The number of aliphatic hydroxyl groups is 1. The van der Waals surface area contributed by atoms with Crippen LogP contribution in [-0.2, 0) is 4.74 Å². The molecule has 0 aromatic heterocycles. The van der Waals surface area contributed by atoms with E-state index < -0.39 is 0 Å². The molecule has 0 aliphatic heterocycles. The van der Waals surface area contributed by atoms with Crippen LogP contribution in [0.4, 0.5) is 0 Å². The van der Waals surface area contributed by atoms with E-state index in [1.807, 2.05) is 7.05 Å². The Morgan fingerprint density at radius 1 is 1.31 bits per heavy atom. The third-order valence-electron chi connectivity index (χ3n) is 3.07. The number of nitrogens with zero attached hydrogens (tertiary/aromatic N) is 1. The molecule has 0 aromatic carbocycles. The van der Waals surface area contributed by atoms with Gasteiger partial charge >= 0.3 is 0 Å². The smallest absolute Gasteiger partial charge is 0.0629 e. The van der Waals surface area contributed by atoms with E-state index in [-0.39, 0.29) is 18.7 Å². The zero-order valence-corrected chi connectivity index (χ0v) is 11.3. The molecule has 0 saturated carbocycles. The lowest BCUT2D eigenvalue weighted by atomic mass is 10.0. The molecule has 0 bridgehead atoms. The van der Waals surface area contributed by atoms with Gasteiger partial charge in [-0.2, -0.15) is 0 Å². The van der Waals surface area contributed by atoms with Crippen molar-refractivity contribution in [1.82, 2.24) is 4.90 Å². The van der Waals surface area contributed by atoms with Gasteiger partial charge in [-0.05, 0) is 26.3 Å². The third-order valence-corrected chi connectivity index (χ3v) is 3.07. The van der Waals surface area contributed by atoms with Crippen molar-refractivity contribution in [2.75, 3.05) is 27.4 Å². The van der Waals surface area contributed by atoms with Crippen LogP contribution in [0, 0.1) is 5.92 Å². The first-order chi connectivity index (χ1) is 7.43. The Morgan fingerprint density at radius 3 is 2.25 bits per heavy atom. The molecular formula is C12H28N2O2. The van der Waals surface area contributed by atoms with Gasteiger partial charge in [-0.15, -0.1) is 0 Å². The minimum atomic E-state index is -0.144. The van der Waals surface area contributed by atoms with Crippen molar-refractivity contribution < 1.29 is 9.84 Å². The first-order valence-electron chi connectivity index (χ1n) is 6.01. The first-order valence-corrected chi connectivity index (χ1v) is 6.01. The molecule has 0 radical (unpaired) electrons. The summed E-state index contributed by atoms with van der Waals surface area (Å²) in [6.07, 6.45) is 1.10. The molecule has 0 aromatic rings. The number of nitrogens with two attached hydrogens (primary N) is 1. The molecule has 4 heteroatoms. The zero-order chi connectivity index (χ0) is 12.7. The van der Waals surface area contributed by atoms with Crippen LogP contribution in [0.1, 0.15) is 27.2 Å². The fourth-order valence-electron chi connectivity index (χ4n) is 2.05. The van der Waals surface area contributed by atoms with Gasteiger partial charge in [0, 0.05) is 19.2 Å². The second-order valence-corrected chi connectivity index (χ2v) is 5.01. The number of methoxy groups -OCH3 is 1. The van der Waals surface area contributed by atoms with Crippen LogP contribution in [0.5, 0.6) is 0 Å². The summed E-state index contributed by atoms with van der Waals surface area (Å²) in [7, 11) is 3.65. The lowest BCUT2D eigenvalue weighted by Gasteiger charge is -2.36. The molecule has 3 N–H and O–H groups in total. The Kier molecular flexibility index (Phi) is 7.93. The van der Waals surface area contributed by atoms with Crippen LogP contribution in [0.2, 0.25) is 0 Å². The number of ether oxygens (including phenoxy) is 1. The van der Waals surface area contributed by atoms with Crippen molar-refractivity contribution in [3.8, 4) is 0 Å². The van der Waals surface area contributed by atoms with Gasteiger partial charge in [0.05, 0.1) is 19.3 Å².